The lowest BCUT2D eigenvalue weighted by atomic mass is 9.78. The van der Waals surface area contributed by atoms with E-state index in [0.717, 1.165) is 44.3 Å². The minimum Gasteiger partial charge on any atom is -0.342 e. The lowest BCUT2D eigenvalue weighted by Gasteiger charge is -2.39. The summed E-state index contributed by atoms with van der Waals surface area (Å²) < 4.78 is 0. The number of piperidine rings is 1. The van der Waals surface area contributed by atoms with Crippen LogP contribution in [0.3, 0.4) is 0 Å². The van der Waals surface area contributed by atoms with Crippen molar-refractivity contribution in [2.75, 3.05) is 26.2 Å². The zero-order chi connectivity index (χ0) is 19.4. The molecule has 0 aliphatic carbocycles. The third-order valence-electron chi connectivity index (χ3n) is 6.12. The Balaban J connectivity index is 1.37. The van der Waals surface area contributed by atoms with Gasteiger partial charge >= 0.3 is 0 Å². The van der Waals surface area contributed by atoms with Crippen LogP contribution in [0.1, 0.15) is 30.4 Å². The van der Waals surface area contributed by atoms with Crippen LogP contribution < -0.4 is 0 Å². The number of pyridine rings is 1. The molecule has 2 fully saturated rings. The maximum absolute atomic E-state index is 13.3. The summed E-state index contributed by atoms with van der Waals surface area (Å²) in [5.74, 6) is 0.338. The van der Waals surface area contributed by atoms with E-state index in [4.69, 9.17) is 0 Å². The molecule has 4 rings (SSSR count). The standard InChI is InChI=1S/C23H27N3O2/c27-21(16-20-8-4-12-24-17-20)26-15-11-23(18-26)10-5-13-25(22(23)28)14-9-19-6-2-1-3-7-19/h1-4,6-8,12,17H,5,9-11,13-16,18H2. The van der Waals surface area contributed by atoms with Gasteiger partial charge in [-0.15, -0.1) is 0 Å². The first-order valence-corrected chi connectivity index (χ1v) is 10.2. The van der Waals surface area contributed by atoms with Gasteiger partial charge in [0.15, 0.2) is 0 Å². The number of hydrogen-bond acceptors (Lipinski definition) is 3. The summed E-state index contributed by atoms with van der Waals surface area (Å²) in [5.41, 5.74) is 1.81. The van der Waals surface area contributed by atoms with Gasteiger partial charge in [-0.1, -0.05) is 36.4 Å². The SMILES string of the molecule is O=C(Cc1cccnc1)N1CCC2(CCCN(CCc3ccccc3)C2=O)C1. The number of aromatic nitrogens is 1. The van der Waals surface area contributed by atoms with Gasteiger partial charge in [-0.2, -0.15) is 0 Å². The number of carbonyl (C=O) groups excluding carboxylic acids is 2. The molecule has 2 aliphatic heterocycles. The van der Waals surface area contributed by atoms with Gasteiger partial charge in [0.05, 0.1) is 11.8 Å². The van der Waals surface area contributed by atoms with Crippen LogP contribution in [-0.4, -0.2) is 52.8 Å². The molecular formula is C23H27N3O2. The predicted octanol–water partition coefficient (Wildman–Crippen LogP) is 2.71. The van der Waals surface area contributed by atoms with Gasteiger partial charge in [0.2, 0.25) is 11.8 Å². The molecule has 28 heavy (non-hydrogen) atoms. The number of likely N-dealkylation sites (tertiary alicyclic amines) is 2. The van der Waals surface area contributed by atoms with Crippen molar-refractivity contribution in [2.45, 2.75) is 32.1 Å². The van der Waals surface area contributed by atoms with Crippen LogP contribution in [-0.2, 0) is 22.4 Å². The second kappa shape index (κ2) is 8.13. The Morgan fingerprint density at radius 3 is 2.64 bits per heavy atom. The molecule has 1 unspecified atom stereocenters. The molecule has 1 spiro atoms. The first-order chi connectivity index (χ1) is 13.7. The maximum Gasteiger partial charge on any atom is 0.230 e. The Labute approximate surface area is 166 Å². The van der Waals surface area contributed by atoms with Crippen molar-refractivity contribution >= 4 is 11.8 Å². The third kappa shape index (κ3) is 3.93. The molecule has 3 heterocycles. The predicted molar refractivity (Wildman–Crippen MR) is 108 cm³/mol. The maximum atomic E-state index is 13.3. The van der Waals surface area contributed by atoms with Crippen molar-refractivity contribution in [3.63, 3.8) is 0 Å². The molecule has 2 amide bonds. The fourth-order valence-electron chi connectivity index (χ4n) is 4.53. The molecule has 0 radical (unpaired) electrons. The summed E-state index contributed by atoms with van der Waals surface area (Å²) in [6, 6.07) is 14.1. The van der Waals surface area contributed by atoms with Crippen molar-refractivity contribution < 1.29 is 9.59 Å². The second-order valence-electron chi connectivity index (χ2n) is 8.02. The molecule has 2 saturated heterocycles. The summed E-state index contributed by atoms with van der Waals surface area (Å²) in [4.78, 5) is 34.0. The van der Waals surface area contributed by atoms with E-state index in [0.29, 0.717) is 19.5 Å². The number of nitrogens with zero attached hydrogens (tertiary/aromatic N) is 3. The van der Waals surface area contributed by atoms with Crippen molar-refractivity contribution in [3.8, 4) is 0 Å². The third-order valence-corrected chi connectivity index (χ3v) is 6.12. The summed E-state index contributed by atoms with van der Waals surface area (Å²) in [7, 11) is 0. The smallest absolute Gasteiger partial charge is 0.230 e. The van der Waals surface area contributed by atoms with Crippen molar-refractivity contribution in [1.82, 2.24) is 14.8 Å². The van der Waals surface area contributed by atoms with E-state index in [2.05, 4.69) is 17.1 Å². The minimum atomic E-state index is -0.375. The molecule has 1 aromatic carbocycles. The molecule has 5 nitrogen and oxygen atoms in total. The summed E-state index contributed by atoms with van der Waals surface area (Å²) in [5, 5.41) is 0. The van der Waals surface area contributed by atoms with Crippen LogP contribution in [0.4, 0.5) is 0 Å². The molecule has 2 aliphatic rings. The summed E-state index contributed by atoms with van der Waals surface area (Å²) in [6.07, 6.45) is 7.38. The normalized spacial score (nSPS) is 22.1. The Kier molecular flexibility index (Phi) is 5.42. The quantitative estimate of drug-likeness (QED) is 0.805. The highest BCUT2D eigenvalue weighted by Crippen LogP contribution is 2.40. The first kappa shape index (κ1) is 18.7. The molecule has 5 heteroatoms. The van der Waals surface area contributed by atoms with E-state index >= 15 is 0 Å². The summed E-state index contributed by atoms with van der Waals surface area (Å²) in [6.45, 7) is 2.83. The zero-order valence-corrected chi connectivity index (χ0v) is 16.2. The first-order valence-electron chi connectivity index (χ1n) is 10.2. The van der Waals surface area contributed by atoms with E-state index in [1.54, 1.807) is 12.4 Å². The highest BCUT2D eigenvalue weighted by atomic mass is 16.2. The van der Waals surface area contributed by atoms with Crippen LogP contribution in [0.25, 0.3) is 0 Å². The topological polar surface area (TPSA) is 53.5 Å². The molecule has 0 N–H and O–H groups in total. The Morgan fingerprint density at radius 2 is 1.86 bits per heavy atom. The Hall–Kier alpha value is -2.69. The molecule has 0 bridgehead atoms. The molecule has 146 valence electrons. The highest BCUT2D eigenvalue weighted by molar-refractivity contribution is 5.86. The molecular weight excluding hydrogens is 350 g/mol. The van der Waals surface area contributed by atoms with Gasteiger partial charge < -0.3 is 9.80 Å². The van der Waals surface area contributed by atoms with Gasteiger partial charge in [0, 0.05) is 38.6 Å². The van der Waals surface area contributed by atoms with Crippen LogP contribution >= 0.6 is 0 Å². The number of benzene rings is 1. The average Bonchev–Trinajstić information content (AvgIpc) is 3.16. The zero-order valence-electron chi connectivity index (χ0n) is 16.2. The molecule has 1 aromatic heterocycles. The lowest BCUT2D eigenvalue weighted by molar-refractivity contribution is -0.146. The molecule has 2 aromatic rings. The van der Waals surface area contributed by atoms with Crippen LogP contribution in [0.5, 0.6) is 0 Å². The van der Waals surface area contributed by atoms with E-state index in [-0.39, 0.29) is 17.2 Å². The second-order valence-corrected chi connectivity index (χ2v) is 8.02. The molecule has 1 atom stereocenters. The van der Waals surface area contributed by atoms with Gasteiger partial charge in [0.1, 0.15) is 0 Å². The largest absolute Gasteiger partial charge is 0.342 e. The fourth-order valence-corrected chi connectivity index (χ4v) is 4.53. The van der Waals surface area contributed by atoms with E-state index < -0.39 is 0 Å². The van der Waals surface area contributed by atoms with E-state index in [9.17, 15) is 9.59 Å². The van der Waals surface area contributed by atoms with Crippen molar-refractivity contribution in [3.05, 3.63) is 66.0 Å². The van der Waals surface area contributed by atoms with E-state index in [1.807, 2.05) is 40.1 Å². The summed E-state index contributed by atoms with van der Waals surface area (Å²) >= 11 is 0. The van der Waals surface area contributed by atoms with Crippen molar-refractivity contribution in [1.29, 1.82) is 0 Å². The monoisotopic (exact) mass is 377 g/mol. The average molecular weight is 377 g/mol. The van der Waals surface area contributed by atoms with Gasteiger partial charge in [-0.05, 0) is 42.9 Å². The van der Waals surface area contributed by atoms with Gasteiger partial charge in [-0.3, -0.25) is 14.6 Å². The number of hydrogen-bond donors (Lipinski definition) is 0. The van der Waals surface area contributed by atoms with Gasteiger partial charge in [-0.25, -0.2) is 0 Å². The Morgan fingerprint density at radius 1 is 1.04 bits per heavy atom. The van der Waals surface area contributed by atoms with Gasteiger partial charge in [0.25, 0.3) is 0 Å². The van der Waals surface area contributed by atoms with E-state index in [1.165, 1.54) is 5.56 Å². The van der Waals surface area contributed by atoms with Crippen LogP contribution in [0.15, 0.2) is 54.9 Å². The highest BCUT2D eigenvalue weighted by Gasteiger charge is 2.49. The minimum absolute atomic E-state index is 0.0964. The number of amides is 2. The lowest BCUT2D eigenvalue weighted by Crippen LogP contribution is -2.51. The van der Waals surface area contributed by atoms with Crippen molar-refractivity contribution in [2.24, 2.45) is 5.41 Å². The van der Waals surface area contributed by atoms with Crippen LogP contribution in [0, 0.1) is 5.41 Å². The number of rotatable bonds is 5. The molecule has 0 saturated carbocycles. The number of carbonyl (C=O) groups is 2. The fraction of sp³-hybridized carbons (Fsp3) is 0.435. The van der Waals surface area contributed by atoms with Crippen LogP contribution in [0.2, 0.25) is 0 Å². The Bertz CT molecular complexity index is 824.